The third-order valence-electron chi connectivity index (χ3n) is 0.642. The Morgan fingerprint density at radius 3 is 0.750 bits per heavy atom. The third kappa shape index (κ3) is 2070. The Bertz CT molecular complexity index is 289. The number of rotatable bonds is 4. The molecule has 10 N–H and O–H groups in total. The van der Waals surface area contributed by atoms with Crippen molar-refractivity contribution < 1.29 is 89.9 Å². The van der Waals surface area contributed by atoms with Crippen molar-refractivity contribution in [1.82, 2.24) is 5.32 Å². The van der Waals surface area contributed by atoms with Crippen LogP contribution in [0.4, 0.5) is 0 Å². The number of carbonyl (C=O) groups is 5. The second kappa shape index (κ2) is 44.8. The van der Waals surface area contributed by atoms with Crippen molar-refractivity contribution in [2.45, 2.75) is 34.6 Å². The molecule has 0 bridgehead atoms. The van der Waals surface area contributed by atoms with Crippen LogP contribution >= 0.6 is 0 Å². The molecule has 0 aromatic rings. The SMILES string of the molecule is CC(=O)O.CC(=O)O.CC(=O)O.CC(=O)O.CC(=O)O.NCCNCCN.[Sm]. The maximum absolute atomic E-state index is 9.00. The van der Waals surface area contributed by atoms with E-state index < -0.39 is 29.8 Å². The number of nitrogens with one attached hydrogen (secondary N) is 1. The van der Waals surface area contributed by atoms with Crippen molar-refractivity contribution in [3.8, 4) is 0 Å². The number of aliphatic carboxylic acids is 5. The molecule has 0 fully saturated rings. The second-order valence-electron chi connectivity index (χ2n) is 3.92. The molecule has 170 valence electrons. The quantitative estimate of drug-likeness (QED) is 0.194. The summed E-state index contributed by atoms with van der Waals surface area (Å²) < 4.78 is 0. The number of hydrogen-bond donors (Lipinski definition) is 8. The van der Waals surface area contributed by atoms with Gasteiger partial charge in [-0.15, -0.1) is 0 Å². The van der Waals surface area contributed by atoms with Crippen molar-refractivity contribution in [1.29, 1.82) is 0 Å². The first-order chi connectivity index (χ1) is 12.1. The molecule has 28 heavy (non-hydrogen) atoms. The monoisotopic (exact) mass is 555 g/mol. The van der Waals surface area contributed by atoms with Gasteiger partial charge in [0.05, 0.1) is 0 Å². The van der Waals surface area contributed by atoms with E-state index in [-0.39, 0.29) is 40.4 Å². The Morgan fingerprint density at radius 1 is 0.571 bits per heavy atom. The fourth-order valence-corrected chi connectivity index (χ4v) is 0.329. The molecule has 0 spiro atoms. The Hall–Kier alpha value is -1.43. The van der Waals surface area contributed by atoms with Crippen LogP contribution in [0.2, 0.25) is 0 Å². The van der Waals surface area contributed by atoms with Crippen LogP contribution in [-0.2, 0) is 24.0 Å². The van der Waals surface area contributed by atoms with Crippen LogP contribution in [-0.4, -0.2) is 81.6 Å². The number of carboxylic acids is 5. The largest absolute Gasteiger partial charge is 0.481 e. The summed E-state index contributed by atoms with van der Waals surface area (Å²) in [6.07, 6.45) is 0. The molecule has 14 heteroatoms. The fourth-order valence-electron chi connectivity index (χ4n) is 0.329. The Labute approximate surface area is 196 Å². The summed E-state index contributed by atoms with van der Waals surface area (Å²) in [6, 6.07) is 0. The summed E-state index contributed by atoms with van der Waals surface area (Å²) in [7, 11) is 0. The molecule has 0 aromatic heterocycles. The molecule has 0 atom stereocenters. The van der Waals surface area contributed by atoms with Gasteiger partial charge in [-0.1, -0.05) is 0 Å². The van der Waals surface area contributed by atoms with Gasteiger partial charge in [0.15, 0.2) is 0 Å². The summed E-state index contributed by atoms with van der Waals surface area (Å²) in [4.78, 5) is 45.0. The first-order valence-electron chi connectivity index (χ1n) is 7.16. The van der Waals surface area contributed by atoms with E-state index in [1.165, 1.54) is 0 Å². The molecule has 0 aliphatic carbocycles. The molecular weight excluding hydrogens is 521 g/mol. The van der Waals surface area contributed by atoms with E-state index in [0.29, 0.717) is 13.1 Å². The molecule has 0 aliphatic heterocycles. The second-order valence-corrected chi connectivity index (χ2v) is 3.92. The Kier molecular flexibility index (Phi) is 72.5. The normalized spacial score (nSPS) is 6.82. The zero-order chi connectivity index (χ0) is 23.4. The minimum atomic E-state index is -0.833. The molecule has 0 heterocycles. The average molecular weight is 554 g/mol. The number of hydrogen-bond acceptors (Lipinski definition) is 8. The van der Waals surface area contributed by atoms with Crippen LogP contribution in [0.3, 0.4) is 0 Å². The van der Waals surface area contributed by atoms with Crippen molar-refractivity contribution in [3.63, 3.8) is 0 Å². The van der Waals surface area contributed by atoms with Gasteiger partial charge in [0.2, 0.25) is 0 Å². The zero-order valence-corrected chi connectivity index (χ0v) is 19.3. The molecular formula is C14H33N3O10Sm. The molecule has 0 unspecified atom stereocenters. The van der Waals surface area contributed by atoms with Crippen LogP contribution in [0, 0.1) is 40.4 Å². The van der Waals surface area contributed by atoms with Crippen molar-refractivity contribution in [3.05, 3.63) is 0 Å². The molecule has 0 radical (unpaired) electrons. The van der Waals surface area contributed by atoms with Gasteiger partial charge in [0.1, 0.15) is 0 Å². The molecule has 13 nitrogen and oxygen atoms in total. The summed E-state index contributed by atoms with van der Waals surface area (Å²) in [5, 5.41) is 40.1. The average Bonchev–Trinajstić information content (AvgIpc) is 2.35. The Balaban J connectivity index is -0.0000000382. The van der Waals surface area contributed by atoms with E-state index in [1.807, 2.05) is 0 Å². The summed E-state index contributed by atoms with van der Waals surface area (Å²) in [6.45, 7) is 8.55. The van der Waals surface area contributed by atoms with E-state index in [9.17, 15) is 0 Å². The molecule has 0 rings (SSSR count). The van der Waals surface area contributed by atoms with E-state index in [0.717, 1.165) is 47.7 Å². The molecule has 0 amide bonds. The van der Waals surface area contributed by atoms with Gasteiger partial charge in [0, 0.05) is 101 Å². The summed E-state index contributed by atoms with van der Waals surface area (Å²) >= 11 is 0. The molecule has 0 saturated heterocycles. The fraction of sp³-hybridized carbons (Fsp3) is 0.643. The third-order valence-corrected chi connectivity index (χ3v) is 0.642. The predicted octanol–water partition coefficient (Wildman–Crippen LogP) is -1.05. The van der Waals surface area contributed by atoms with E-state index in [2.05, 4.69) is 5.32 Å². The topological polar surface area (TPSA) is 251 Å². The predicted molar refractivity (Wildman–Crippen MR) is 97.5 cm³/mol. The molecule has 0 saturated carbocycles. The standard InChI is InChI=1S/C4H13N3.5C2H4O2.Sm/c5-1-3-7-4-2-6;5*1-2(3)4;/h7H,1-6H2;5*1H3,(H,3,4);. The van der Waals surface area contributed by atoms with E-state index in [1.54, 1.807) is 0 Å². The van der Waals surface area contributed by atoms with Gasteiger partial charge in [-0.3, -0.25) is 24.0 Å². The first-order valence-corrected chi connectivity index (χ1v) is 7.16. The summed E-state index contributed by atoms with van der Waals surface area (Å²) in [5.41, 5.74) is 10.3. The van der Waals surface area contributed by atoms with Crippen molar-refractivity contribution >= 4 is 29.8 Å². The summed E-state index contributed by atoms with van der Waals surface area (Å²) in [5.74, 6) is -4.17. The first kappa shape index (κ1) is 45.4. The van der Waals surface area contributed by atoms with Crippen LogP contribution in [0.15, 0.2) is 0 Å². The smallest absolute Gasteiger partial charge is 0.300 e. The van der Waals surface area contributed by atoms with Crippen LogP contribution in [0.5, 0.6) is 0 Å². The minimum absolute atomic E-state index is 0. The van der Waals surface area contributed by atoms with E-state index >= 15 is 0 Å². The minimum Gasteiger partial charge on any atom is -0.481 e. The zero-order valence-electron chi connectivity index (χ0n) is 16.7. The number of nitrogens with two attached hydrogens (primary N) is 2. The van der Waals surface area contributed by atoms with Gasteiger partial charge in [0.25, 0.3) is 29.8 Å². The van der Waals surface area contributed by atoms with Gasteiger partial charge < -0.3 is 42.3 Å². The Morgan fingerprint density at radius 2 is 0.679 bits per heavy atom. The number of carboxylic acid groups (broad SMARTS) is 5. The van der Waals surface area contributed by atoms with Crippen molar-refractivity contribution in [2.24, 2.45) is 11.5 Å². The van der Waals surface area contributed by atoms with Crippen LogP contribution in [0.1, 0.15) is 34.6 Å². The van der Waals surface area contributed by atoms with Gasteiger partial charge in [-0.05, 0) is 0 Å². The molecule has 0 aromatic carbocycles. The maximum atomic E-state index is 9.00. The van der Waals surface area contributed by atoms with Gasteiger partial charge in [-0.25, -0.2) is 0 Å². The van der Waals surface area contributed by atoms with E-state index in [4.69, 9.17) is 61.0 Å². The van der Waals surface area contributed by atoms with Crippen molar-refractivity contribution in [2.75, 3.05) is 26.2 Å². The van der Waals surface area contributed by atoms with Crippen LogP contribution in [0.25, 0.3) is 0 Å². The van der Waals surface area contributed by atoms with Crippen LogP contribution < -0.4 is 16.8 Å². The van der Waals surface area contributed by atoms with Gasteiger partial charge >= 0.3 is 0 Å². The molecule has 0 aliphatic rings. The van der Waals surface area contributed by atoms with Gasteiger partial charge in [-0.2, -0.15) is 0 Å². The maximum Gasteiger partial charge on any atom is 0.300 e.